The maximum absolute atomic E-state index is 12.2. The van der Waals surface area contributed by atoms with Gasteiger partial charge in [-0.05, 0) is 35.9 Å². The maximum Gasteiger partial charge on any atom is 0.335 e. The summed E-state index contributed by atoms with van der Waals surface area (Å²) >= 11 is 0. The molecule has 2 aromatic carbocycles. The summed E-state index contributed by atoms with van der Waals surface area (Å²) in [5, 5.41) is 8.91. The zero-order valence-electron chi connectivity index (χ0n) is 12.1. The van der Waals surface area contributed by atoms with Crippen LogP contribution in [0.3, 0.4) is 0 Å². The minimum atomic E-state index is -1.00. The number of aldehydes is 1. The number of carboxylic acid groups (broad SMARTS) is 1. The zero-order valence-corrected chi connectivity index (χ0v) is 12.1. The smallest absolute Gasteiger partial charge is 0.335 e. The number of carbonyl (C=O) groups excluding carboxylic acids is 2. The molecule has 1 aliphatic heterocycles. The fourth-order valence-electron chi connectivity index (χ4n) is 2.40. The number of benzene rings is 2. The molecule has 0 saturated heterocycles. The highest BCUT2D eigenvalue weighted by Gasteiger charge is 2.26. The van der Waals surface area contributed by atoms with Crippen molar-refractivity contribution in [3.8, 4) is 5.75 Å². The average molecular weight is 311 g/mol. The van der Waals surface area contributed by atoms with E-state index in [4.69, 9.17) is 9.84 Å². The number of carboxylic acids is 1. The number of hydrogen-bond donors (Lipinski definition) is 1. The lowest BCUT2D eigenvalue weighted by Gasteiger charge is -2.29. The zero-order chi connectivity index (χ0) is 16.4. The molecular weight excluding hydrogens is 298 g/mol. The molecule has 6 heteroatoms. The Balaban J connectivity index is 1.91. The van der Waals surface area contributed by atoms with Crippen molar-refractivity contribution < 1.29 is 24.2 Å². The van der Waals surface area contributed by atoms with Gasteiger partial charge in [-0.15, -0.1) is 0 Å². The summed E-state index contributed by atoms with van der Waals surface area (Å²) in [7, 11) is 0. The minimum absolute atomic E-state index is 0.0688. The summed E-state index contributed by atoms with van der Waals surface area (Å²) in [4.78, 5) is 35.5. The monoisotopic (exact) mass is 311 g/mol. The van der Waals surface area contributed by atoms with E-state index < -0.39 is 5.97 Å². The van der Waals surface area contributed by atoms with Gasteiger partial charge in [0, 0.05) is 5.56 Å². The lowest BCUT2D eigenvalue weighted by molar-refractivity contribution is -0.121. The molecule has 1 amide bonds. The lowest BCUT2D eigenvalue weighted by Crippen LogP contribution is -2.38. The number of carbonyl (C=O) groups is 3. The van der Waals surface area contributed by atoms with Crippen LogP contribution in [0.2, 0.25) is 0 Å². The van der Waals surface area contributed by atoms with Gasteiger partial charge in [-0.1, -0.05) is 12.1 Å². The number of ether oxygens (including phenoxy) is 1. The first-order valence-corrected chi connectivity index (χ1v) is 6.93. The molecule has 1 aliphatic rings. The van der Waals surface area contributed by atoms with Gasteiger partial charge in [0.1, 0.15) is 12.0 Å². The van der Waals surface area contributed by atoms with Crippen LogP contribution < -0.4 is 9.64 Å². The van der Waals surface area contributed by atoms with Crippen molar-refractivity contribution in [2.24, 2.45) is 0 Å². The summed E-state index contributed by atoms with van der Waals surface area (Å²) in [5.74, 6) is -0.680. The molecule has 0 atom stereocenters. The van der Waals surface area contributed by atoms with Gasteiger partial charge in [0.15, 0.2) is 6.61 Å². The highest BCUT2D eigenvalue weighted by Crippen LogP contribution is 2.33. The Labute approximate surface area is 131 Å². The Bertz CT molecular complexity index is 782. The van der Waals surface area contributed by atoms with Crippen molar-refractivity contribution in [3.05, 3.63) is 59.2 Å². The van der Waals surface area contributed by atoms with Crippen molar-refractivity contribution in [1.29, 1.82) is 0 Å². The first-order chi connectivity index (χ1) is 11.1. The van der Waals surface area contributed by atoms with Crippen LogP contribution in [0.15, 0.2) is 42.5 Å². The fourth-order valence-corrected chi connectivity index (χ4v) is 2.40. The number of aromatic carboxylic acids is 1. The predicted octanol–water partition coefficient (Wildman–Crippen LogP) is 2.12. The molecule has 116 valence electrons. The van der Waals surface area contributed by atoms with Crippen molar-refractivity contribution >= 4 is 23.9 Å². The molecular formula is C17H13NO5. The quantitative estimate of drug-likeness (QED) is 0.874. The average Bonchev–Trinajstić information content (AvgIpc) is 2.57. The van der Waals surface area contributed by atoms with Crippen LogP contribution in [0.5, 0.6) is 5.75 Å². The topological polar surface area (TPSA) is 83.9 Å². The van der Waals surface area contributed by atoms with Crippen LogP contribution in [0.4, 0.5) is 5.69 Å². The predicted molar refractivity (Wildman–Crippen MR) is 81.9 cm³/mol. The molecule has 0 bridgehead atoms. The van der Waals surface area contributed by atoms with Gasteiger partial charge in [0.25, 0.3) is 5.91 Å². The van der Waals surface area contributed by atoms with E-state index in [1.807, 2.05) is 0 Å². The molecule has 2 aromatic rings. The van der Waals surface area contributed by atoms with Crippen LogP contribution in [-0.2, 0) is 11.3 Å². The van der Waals surface area contributed by atoms with E-state index in [9.17, 15) is 14.4 Å². The SMILES string of the molecule is O=Cc1ccc2c(c1)N(Cc1ccc(C(=O)O)cc1)C(=O)CO2. The molecule has 0 spiro atoms. The van der Waals surface area contributed by atoms with Crippen LogP contribution in [0.25, 0.3) is 0 Å². The Morgan fingerprint density at radius 2 is 1.96 bits per heavy atom. The van der Waals surface area contributed by atoms with Gasteiger partial charge in [-0.3, -0.25) is 9.59 Å². The number of hydrogen-bond acceptors (Lipinski definition) is 4. The summed E-state index contributed by atoms with van der Waals surface area (Å²) in [6.07, 6.45) is 0.708. The fraction of sp³-hybridized carbons (Fsp3) is 0.118. The Morgan fingerprint density at radius 3 is 2.61 bits per heavy atom. The minimum Gasteiger partial charge on any atom is -0.482 e. The van der Waals surface area contributed by atoms with Gasteiger partial charge in [0.2, 0.25) is 0 Å². The first-order valence-electron chi connectivity index (χ1n) is 6.93. The van der Waals surface area contributed by atoms with E-state index in [0.717, 1.165) is 5.56 Å². The third-order valence-electron chi connectivity index (χ3n) is 3.60. The second-order valence-corrected chi connectivity index (χ2v) is 5.12. The van der Waals surface area contributed by atoms with Gasteiger partial charge < -0.3 is 14.7 Å². The molecule has 0 saturated carbocycles. The molecule has 0 radical (unpaired) electrons. The number of rotatable bonds is 4. The van der Waals surface area contributed by atoms with Gasteiger partial charge in [-0.2, -0.15) is 0 Å². The molecule has 3 rings (SSSR count). The Hall–Kier alpha value is -3.15. The molecule has 6 nitrogen and oxygen atoms in total. The van der Waals surface area contributed by atoms with Gasteiger partial charge >= 0.3 is 5.97 Å². The van der Waals surface area contributed by atoms with Crippen molar-refractivity contribution in [3.63, 3.8) is 0 Å². The Morgan fingerprint density at radius 1 is 1.22 bits per heavy atom. The van der Waals surface area contributed by atoms with Crippen LogP contribution in [0.1, 0.15) is 26.3 Å². The van der Waals surface area contributed by atoms with E-state index in [1.54, 1.807) is 30.3 Å². The second kappa shape index (κ2) is 5.92. The standard InChI is InChI=1S/C17H13NO5/c19-9-12-3-6-15-14(7-12)18(16(20)10-23-15)8-11-1-4-13(5-2-11)17(21)22/h1-7,9H,8,10H2,(H,21,22). The summed E-state index contributed by atoms with van der Waals surface area (Å²) in [5.41, 5.74) is 1.96. The molecule has 1 N–H and O–H groups in total. The summed E-state index contributed by atoms with van der Waals surface area (Å²) < 4.78 is 5.37. The molecule has 0 unspecified atom stereocenters. The third kappa shape index (κ3) is 2.91. The van der Waals surface area contributed by atoms with Crippen LogP contribution in [-0.4, -0.2) is 29.9 Å². The van der Waals surface area contributed by atoms with Crippen LogP contribution >= 0.6 is 0 Å². The number of amides is 1. The van der Waals surface area contributed by atoms with E-state index in [2.05, 4.69) is 0 Å². The maximum atomic E-state index is 12.2. The van der Waals surface area contributed by atoms with E-state index in [-0.39, 0.29) is 24.6 Å². The van der Waals surface area contributed by atoms with E-state index in [1.165, 1.54) is 17.0 Å². The van der Waals surface area contributed by atoms with E-state index in [0.29, 0.717) is 23.3 Å². The number of anilines is 1. The molecule has 23 heavy (non-hydrogen) atoms. The van der Waals surface area contributed by atoms with Gasteiger partial charge in [0.05, 0.1) is 17.8 Å². The van der Waals surface area contributed by atoms with Crippen LogP contribution in [0, 0.1) is 0 Å². The lowest BCUT2D eigenvalue weighted by atomic mass is 10.1. The second-order valence-electron chi connectivity index (χ2n) is 5.12. The summed E-state index contributed by atoms with van der Waals surface area (Å²) in [6, 6.07) is 11.2. The van der Waals surface area contributed by atoms with Crippen molar-refractivity contribution in [1.82, 2.24) is 0 Å². The highest BCUT2D eigenvalue weighted by atomic mass is 16.5. The molecule has 1 heterocycles. The Kier molecular flexibility index (Phi) is 3.80. The normalized spacial score (nSPS) is 13.2. The summed E-state index contributed by atoms with van der Waals surface area (Å²) in [6.45, 7) is 0.206. The number of nitrogens with zero attached hydrogens (tertiary/aromatic N) is 1. The highest BCUT2D eigenvalue weighted by molar-refractivity contribution is 5.98. The molecule has 0 fully saturated rings. The third-order valence-corrected chi connectivity index (χ3v) is 3.60. The number of fused-ring (bicyclic) bond motifs is 1. The molecule has 0 aromatic heterocycles. The van der Waals surface area contributed by atoms with Gasteiger partial charge in [-0.25, -0.2) is 4.79 Å². The van der Waals surface area contributed by atoms with Crippen molar-refractivity contribution in [2.45, 2.75) is 6.54 Å². The van der Waals surface area contributed by atoms with Crippen molar-refractivity contribution in [2.75, 3.05) is 11.5 Å². The largest absolute Gasteiger partial charge is 0.482 e. The van der Waals surface area contributed by atoms with E-state index >= 15 is 0 Å². The molecule has 0 aliphatic carbocycles. The first kappa shape index (κ1) is 14.8.